The molecule has 2 heterocycles. The van der Waals surface area contributed by atoms with Gasteiger partial charge in [0.25, 0.3) is 0 Å². The summed E-state index contributed by atoms with van der Waals surface area (Å²) in [6, 6.07) is 12.2. The summed E-state index contributed by atoms with van der Waals surface area (Å²) >= 11 is 0. The second kappa shape index (κ2) is 7.40. The Morgan fingerprint density at radius 1 is 1.03 bits per heavy atom. The molecule has 152 valence electrons. The molecule has 0 unspecified atom stereocenters. The normalized spacial score (nSPS) is 14.6. The standard InChI is InChI=1S/C20H19F3N4O2/c1-29-17-8-6-16(7-9-17)27-19(28)26-11-10-25(13-18(26)24-27)12-14-2-4-15(5-3-14)20(21,22)23/h2-9H,10-13H2,1H3. The van der Waals surface area contributed by atoms with Crippen molar-refractivity contribution < 1.29 is 17.9 Å². The predicted octanol–water partition coefficient (Wildman–Crippen LogP) is 3.08. The second-order valence-corrected chi connectivity index (χ2v) is 6.87. The van der Waals surface area contributed by atoms with Crippen LogP contribution in [-0.2, 0) is 25.8 Å². The molecule has 1 aliphatic rings. The lowest BCUT2D eigenvalue weighted by Crippen LogP contribution is -2.37. The van der Waals surface area contributed by atoms with Gasteiger partial charge >= 0.3 is 11.9 Å². The van der Waals surface area contributed by atoms with Gasteiger partial charge in [0.05, 0.1) is 24.9 Å². The number of aromatic nitrogens is 3. The zero-order valence-corrected chi connectivity index (χ0v) is 15.7. The van der Waals surface area contributed by atoms with Gasteiger partial charge in [-0.05, 0) is 42.0 Å². The molecule has 1 aliphatic heterocycles. The molecular formula is C20H19F3N4O2. The first-order valence-electron chi connectivity index (χ1n) is 9.07. The van der Waals surface area contributed by atoms with E-state index in [1.165, 1.54) is 16.8 Å². The highest BCUT2D eigenvalue weighted by Gasteiger charge is 2.30. The van der Waals surface area contributed by atoms with Crippen LogP contribution in [0, 0.1) is 0 Å². The molecule has 0 N–H and O–H groups in total. The third-order valence-electron chi connectivity index (χ3n) is 4.95. The lowest BCUT2D eigenvalue weighted by atomic mass is 10.1. The van der Waals surface area contributed by atoms with Crippen LogP contribution in [0.4, 0.5) is 13.2 Å². The molecular weight excluding hydrogens is 385 g/mol. The quantitative estimate of drug-likeness (QED) is 0.671. The van der Waals surface area contributed by atoms with Crippen LogP contribution in [0.15, 0.2) is 53.3 Å². The van der Waals surface area contributed by atoms with Crippen molar-refractivity contribution in [2.24, 2.45) is 0 Å². The van der Waals surface area contributed by atoms with E-state index in [2.05, 4.69) is 10.00 Å². The molecule has 2 aromatic carbocycles. The van der Waals surface area contributed by atoms with E-state index < -0.39 is 11.7 Å². The first-order chi connectivity index (χ1) is 13.8. The SMILES string of the molecule is COc1ccc(-n2nc3n(c2=O)CCN(Cc2ccc(C(F)(F)F)cc2)C3)cc1. The van der Waals surface area contributed by atoms with Gasteiger partial charge < -0.3 is 4.74 Å². The van der Waals surface area contributed by atoms with Crippen molar-refractivity contribution in [2.75, 3.05) is 13.7 Å². The number of ether oxygens (including phenoxy) is 1. The molecule has 6 nitrogen and oxygen atoms in total. The van der Waals surface area contributed by atoms with E-state index in [4.69, 9.17) is 4.74 Å². The van der Waals surface area contributed by atoms with Crippen LogP contribution in [0.2, 0.25) is 0 Å². The molecule has 0 bridgehead atoms. The van der Waals surface area contributed by atoms with Gasteiger partial charge in [-0.15, -0.1) is 5.10 Å². The van der Waals surface area contributed by atoms with Crippen molar-refractivity contribution in [1.82, 2.24) is 19.2 Å². The van der Waals surface area contributed by atoms with Gasteiger partial charge in [-0.1, -0.05) is 12.1 Å². The van der Waals surface area contributed by atoms with Gasteiger partial charge in [-0.2, -0.15) is 17.9 Å². The maximum absolute atomic E-state index is 12.7. The summed E-state index contributed by atoms with van der Waals surface area (Å²) in [7, 11) is 1.57. The number of rotatable bonds is 4. The van der Waals surface area contributed by atoms with Crippen molar-refractivity contribution >= 4 is 0 Å². The smallest absolute Gasteiger partial charge is 0.416 e. The number of fused-ring (bicyclic) bond motifs is 1. The van der Waals surface area contributed by atoms with Crippen molar-refractivity contribution in [2.45, 2.75) is 25.8 Å². The third kappa shape index (κ3) is 3.91. The van der Waals surface area contributed by atoms with E-state index in [0.717, 1.165) is 17.7 Å². The van der Waals surface area contributed by atoms with Crippen molar-refractivity contribution in [3.63, 3.8) is 0 Å². The topological polar surface area (TPSA) is 52.3 Å². The molecule has 1 aromatic heterocycles. The summed E-state index contributed by atoms with van der Waals surface area (Å²) in [6.45, 7) is 2.02. The van der Waals surface area contributed by atoms with E-state index in [0.29, 0.717) is 43.4 Å². The number of alkyl halides is 3. The fourth-order valence-electron chi connectivity index (χ4n) is 3.38. The number of methoxy groups -OCH3 is 1. The Hall–Kier alpha value is -3.07. The molecule has 0 radical (unpaired) electrons. The maximum Gasteiger partial charge on any atom is 0.416 e. The Bertz CT molecular complexity index is 1050. The molecule has 0 spiro atoms. The van der Waals surface area contributed by atoms with Crippen LogP contribution in [-0.4, -0.2) is 32.9 Å². The van der Waals surface area contributed by atoms with Crippen molar-refractivity contribution in [3.8, 4) is 11.4 Å². The van der Waals surface area contributed by atoms with Crippen LogP contribution >= 0.6 is 0 Å². The third-order valence-corrected chi connectivity index (χ3v) is 4.95. The maximum atomic E-state index is 12.7. The summed E-state index contributed by atoms with van der Waals surface area (Å²) in [6.07, 6.45) is -4.34. The first kappa shape index (κ1) is 19.3. The minimum atomic E-state index is -4.34. The molecule has 0 atom stereocenters. The largest absolute Gasteiger partial charge is 0.497 e. The molecule has 0 amide bonds. The Kier molecular flexibility index (Phi) is 4.91. The van der Waals surface area contributed by atoms with Crippen LogP contribution < -0.4 is 10.4 Å². The Morgan fingerprint density at radius 2 is 1.72 bits per heavy atom. The van der Waals surface area contributed by atoms with E-state index in [1.54, 1.807) is 35.9 Å². The Balaban J connectivity index is 1.50. The number of halogens is 3. The first-order valence-corrected chi connectivity index (χ1v) is 9.07. The minimum absolute atomic E-state index is 0.209. The van der Waals surface area contributed by atoms with Crippen LogP contribution in [0.5, 0.6) is 5.75 Å². The number of benzene rings is 2. The van der Waals surface area contributed by atoms with E-state index in [-0.39, 0.29) is 5.69 Å². The fraction of sp³-hybridized carbons (Fsp3) is 0.300. The summed E-state index contributed by atoms with van der Waals surface area (Å²) in [4.78, 5) is 14.7. The lowest BCUT2D eigenvalue weighted by Gasteiger charge is -2.26. The summed E-state index contributed by atoms with van der Waals surface area (Å²) in [5, 5.41) is 4.45. The monoisotopic (exact) mass is 404 g/mol. The van der Waals surface area contributed by atoms with E-state index >= 15 is 0 Å². The Morgan fingerprint density at radius 3 is 2.34 bits per heavy atom. The van der Waals surface area contributed by atoms with Crippen molar-refractivity contribution in [3.05, 3.63) is 76.0 Å². The van der Waals surface area contributed by atoms with Gasteiger partial charge in [-0.3, -0.25) is 9.47 Å². The average Bonchev–Trinajstić information content (AvgIpc) is 3.04. The number of hydrogen-bond donors (Lipinski definition) is 0. The fourth-order valence-corrected chi connectivity index (χ4v) is 3.38. The molecule has 9 heteroatoms. The van der Waals surface area contributed by atoms with Crippen molar-refractivity contribution in [1.29, 1.82) is 0 Å². The van der Waals surface area contributed by atoms with E-state index in [1.807, 2.05) is 0 Å². The minimum Gasteiger partial charge on any atom is -0.497 e. The molecule has 0 saturated heterocycles. The van der Waals surface area contributed by atoms with Gasteiger partial charge in [-0.25, -0.2) is 4.79 Å². The average molecular weight is 404 g/mol. The second-order valence-electron chi connectivity index (χ2n) is 6.87. The van der Waals surface area contributed by atoms with Gasteiger partial charge in [0.15, 0.2) is 0 Å². The van der Waals surface area contributed by atoms with Crippen LogP contribution in [0.25, 0.3) is 5.69 Å². The molecule has 3 aromatic rings. The zero-order chi connectivity index (χ0) is 20.6. The predicted molar refractivity (Wildman–Crippen MR) is 99.9 cm³/mol. The lowest BCUT2D eigenvalue weighted by molar-refractivity contribution is -0.137. The van der Waals surface area contributed by atoms with Crippen LogP contribution in [0.3, 0.4) is 0 Å². The molecule has 0 fully saturated rings. The van der Waals surface area contributed by atoms with E-state index in [9.17, 15) is 18.0 Å². The molecule has 0 aliphatic carbocycles. The van der Waals surface area contributed by atoms with Gasteiger partial charge in [0.2, 0.25) is 0 Å². The highest BCUT2D eigenvalue weighted by atomic mass is 19.4. The summed E-state index contributed by atoms with van der Waals surface area (Å²) in [5.41, 5.74) is 0.557. The molecule has 4 rings (SSSR count). The van der Waals surface area contributed by atoms with Crippen LogP contribution in [0.1, 0.15) is 17.0 Å². The summed E-state index contributed by atoms with van der Waals surface area (Å²) < 4.78 is 46.2. The van der Waals surface area contributed by atoms with Gasteiger partial charge in [0.1, 0.15) is 11.6 Å². The number of nitrogens with zero attached hydrogens (tertiary/aromatic N) is 4. The summed E-state index contributed by atoms with van der Waals surface area (Å²) in [5.74, 6) is 1.32. The molecule has 29 heavy (non-hydrogen) atoms. The number of hydrogen-bond acceptors (Lipinski definition) is 4. The Labute approximate surface area is 164 Å². The zero-order valence-electron chi connectivity index (χ0n) is 15.7. The van der Waals surface area contributed by atoms with Gasteiger partial charge in [0, 0.05) is 19.6 Å². The molecule has 0 saturated carbocycles. The highest BCUT2D eigenvalue weighted by Crippen LogP contribution is 2.29. The highest BCUT2D eigenvalue weighted by molar-refractivity contribution is 5.36.